The quantitative estimate of drug-likeness (QED) is 0.848. The second-order valence-corrected chi connectivity index (χ2v) is 5.70. The minimum absolute atomic E-state index is 0.0175. The van der Waals surface area contributed by atoms with E-state index in [-0.39, 0.29) is 16.3 Å². The van der Waals surface area contributed by atoms with Gasteiger partial charge in [0.2, 0.25) is 0 Å². The number of sulfonamides is 1. The van der Waals surface area contributed by atoms with Crippen LogP contribution < -0.4 is 15.2 Å². The van der Waals surface area contributed by atoms with E-state index in [1.807, 2.05) is 0 Å². The van der Waals surface area contributed by atoms with Crippen LogP contribution in [0, 0.1) is 5.82 Å². The van der Waals surface area contributed by atoms with Crippen LogP contribution in [0.3, 0.4) is 0 Å². The van der Waals surface area contributed by atoms with Gasteiger partial charge in [-0.2, -0.15) is 0 Å². The smallest absolute Gasteiger partial charge is 0.262 e. The molecule has 0 saturated carbocycles. The number of nitrogen functional groups attached to an aromatic ring is 1. The number of halogens is 1. The van der Waals surface area contributed by atoms with Gasteiger partial charge in [0.05, 0.1) is 17.7 Å². The van der Waals surface area contributed by atoms with Crippen molar-refractivity contribution >= 4 is 21.4 Å². The van der Waals surface area contributed by atoms with Crippen molar-refractivity contribution in [3.05, 3.63) is 48.3 Å². The largest absolute Gasteiger partial charge is 0.494 e. The molecule has 2 rings (SSSR count). The maximum atomic E-state index is 13.1. The van der Waals surface area contributed by atoms with Crippen molar-refractivity contribution in [2.45, 2.75) is 4.90 Å². The summed E-state index contributed by atoms with van der Waals surface area (Å²) in [5, 5.41) is 0. The topological polar surface area (TPSA) is 81.4 Å². The first-order chi connectivity index (χ1) is 9.42. The molecule has 0 radical (unpaired) electrons. The zero-order valence-corrected chi connectivity index (χ0v) is 11.4. The van der Waals surface area contributed by atoms with Gasteiger partial charge in [-0.15, -0.1) is 0 Å². The summed E-state index contributed by atoms with van der Waals surface area (Å²) in [6, 6.07) is 9.38. The monoisotopic (exact) mass is 296 g/mol. The Morgan fingerprint density at radius 2 is 1.95 bits per heavy atom. The molecule has 20 heavy (non-hydrogen) atoms. The molecule has 0 aliphatic heterocycles. The molecule has 106 valence electrons. The fraction of sp³-hybridized carbons (Fsp3) is 0.0769. The molecule has 0 unspecified atom stereocenters. The lowest BCUT2D eigenvalue weighted by Crippen LogP contribution is -2.14. The van der Waals surface area contributed by atoms with Crippen LogP contribution in [0.5, 0.6) is 5.75 Å². The Labute approximate surface area is 116 Å². The van der Waals surface area contributed by atoms with E-state index in [1.165, 1.54) is 31.4 Å². The first-order valence-electron chi connectivity index (χ1n) is 5.64. The van der Waals surface area contributed by atoms with E-state index in [4.69, 9.17) is 10.5 Å². The summed E-state index contributed by atoms with van der Waals surface area (Å²) in [5.74, 6) is -0.425. The molecule has 0 aromatic heterocycles. The van der Waals surface area contributed by atoms with Crippen LogP contribution in [0.15, 0.2) is 47.4 Å². The van der Waals surface area contributed by atoms with Gasteiger partial charge in [0, 0.05) is 11.8 Å². The molecule has 0 bridgehead atoms. The van der Waals surface area contributed by atoms with Crippen molar-refractivity contribution in [3.8, 4) is 5.75 Å². The van der Waals surface area contributed by atoms with Crippen LogP contribution in [-0.4, -0.2) is 15.5 Å². The predicted molar refractivity (Wildman–Crippen MR) is 74.6 cm³/mol. The van der Waals surface area contributed by atoms with E-state index in [2.05, 4.69) is 4.72 Å². The molecule has 5 nitrogen and oxygen atoms in total. The summed E-state index contributed by atoms with van der Waals surface area (Å²) >= 11 is 0. The van der Waals surface area contributed by atoms with Crippen molar-refractivity contribution in [2.75, 3.05) is 17.6 Å². The number of hydrogen-bond acceptors (Lipinski definition) is 4. The van der Waals surface area contributed by atoms with Crippen molar-refractivity contribution in [2.24, 2.45) is 0 Å². The molecule has 2 aromatic carbocycles. The lowest BCUT2D eigenvalue weighted by atomic mass is 10.3. The molecule has 3 N–H and O–H groups in total. The number of methoxy groups -OCH3 is 1. The van der Waals surface area contributed by atoms with E-state index in [0.717, 1.165) is 12.1 Å². The van der Waals surface area contributed by atoms with Gasteiger partial charge in [-0.3, -0.25) is 4.72 Å². The summed E-state index contributed by atoms with van der Waals surface area (Å²) in [4.78, 5) is 0.0175. The Hall–Kier alpha value is -2.28. The highest BCUT2D eigenvalue weighted by Crippen LogP contribution is 2.27. The lowest BCUT2D eigenvalue weighted by molar-refractivity contribution is 0.413. The number of anilines is 2. The summed E-state index contributed by atoms with van der Waals surface area (Å²) in [6.07, 6.45) is 0. The van der Waals surface area contributed by atoms with E-state index < -0.39 is 15.8 Å². The zero-order chi connectivity index (χ0) is 14.8. The number of nitrogens with one attached hydrogen (secondary N) is 1. The fourth-order valence-corrected chi connectivity index (χ4v) is 2.76. The van der Waals surface area contributed by atoms with E-state index in [1.54, 1.807) is 6.07 Å². The first-order valence-corrected chi connectivity index (χ1v) is 7.12. The highest BCUT2D eigenvalue weighted by Gasteiger charge is 2.17. The van der Waals surface area contributed by atoms with Crippen molar-refractivity contribution in [1.29, 1.82) is 0 Å². The molecule has 0 heterocycles. The van der Waals surface area contributed by atoms with E-state index in [0.29, 0.717) is 5.69 Å². The fourth-order valence-electron chi connectivity index (χ4n) is 1.63. The predicted octanol–water partition coefficient (Wildman–Crippen LogP) is 2.22. The Bertz CT molecular complexity index is 732. The molecule has 0 aliphatic rings. The van der Waals surface area contributed by atoms with Gasteiger partial charge in [0.1, 0.15) is 11.6 Å². The highest BCUT2D eigenvalue weighted by molar-refractivity contribution is 7.92. The molecule has 0 amide bonds. The second kappa shape index (κ2) is 5.38. The number of hydrogen-bond donors (Lipinski definition) is 2. The van der Waals surface area contributed by atoms with Gasteiger partial charge in [0.25, 0.3) is 10.0 Å². The van der Waals surface area contributed by atoms with Crippen LogP contribution in [0.2, 0.25) is 0 Å². The van der Waals surface area contributed by atoms with Crippen LogP contribution >= 0.6 is 0 Å². The number of rotatable bonds is 4. The maximum absolute atomic E-state index is 13.1. The minimum atomic E-state index is -3.81. The van der Waals surface area contributed by atoms with Gasteiger partial charge in [-0.25, -0.2) is 12.8 Å². The molecular weight excluding hydrogens is 283 g/mol. The van der Waals surface area contributed by atoms with Crippen molar-refractivity contribution in [3.63, 3.8) is 0 Å². The number of ether oxygens (including phenoxy) is 1. The Morgan fingerprint density at radius 1 is 1.20 bits per heavy atom. The molecule has 0 atom stereocenters. The molecule has 0 fully saturated rings. The number of benzene rings is 2. The third-order valence-corrected chi connectivity index (χ3v) is 3.94. The van der Waals surface area contributed by atoms with Gasteiger partial charge in [-0.05, 0) is 30.3 Å². The molecule has 0 spiro atoms. The van der Waals surface area contributed by atoms with Crippen LogP contribution in [0.1, 0.15) is 0 Å². The Balaban J connectivity index is 2.38. The Kier molecular flexibility index (Phi) is 3.80. The summed E-state index contributed by atoms with van der Waals surface area (Å²) in [7, 11) is -2.49. The molecular formula is C13H13FN2O3S. The standard InChI is InChI=1S/C13H13FN2O3S/c1-19-13-7-9(14)5-6-12(13)16-20(17,18)11-4-2-3-10(15)8-11/h2-8,16H,15H2,1H3. The molecule has 0 saturated heterocycles. The van der Waals surface area contributed by atoms with Crippen LogP contribution in [0.4, 0.5) is 15.8 Å². The van der Waals surface area contributed by atoms with Gasteiger partial charge < -0.3 is 10.5 Å². The summed E-state index contributed by atoms with van der Waals surface area (Å²) in [6.45, 7) is 0. The maximum Gasteiger partial charge on any atom is 0.262 e. The van der Waals surface area contributed by atoms with Crippen LogP contribution in [-0.2, 0) is 10.0 Å². The normalized spacial score (nSPS) is 11.1. The zero-order valence-electron chi connectivity index (χ0n) is 10.6. The average Bonchev–Trinajstić information content (AvgIpc) is 2.40. The van der Waals surface area contributed by atoms with Crippen LogP contribution in [0.25, 0.3) is 0 Å². The molecule has 7 heteroatoms. The third-order valence-electron chi connectivity index (χ3n) is 2.58. The summed E-state index contributed by atoms with van der Waals surface area (Å²) in [5.41, 5.74) is 6.04. The van der Waals surface area contributed by atoms with Crippen molar-refractivity contribution < 1.29 is 17.5 Å². The minimum Gasteiger partial charge on any atom is -0.494 e. The van der Waals surface area contributed by atoms with Gasteiger partial charge in [0.15, 0.2) is 0 Å². The van der Waals surface area contributed by atoms with Crippen molar-refractivity contribution in [1.82, 2.24) is 0 Å². The summed E-state index contributed by atoms with van der Waals surface area (Å²) < 4.78 is 44.7. The van der Waals surface area contributed by atoms with Gasteiger partial charge >= 0.3 is 0 Å². The molecule has 0 aliphatic carbocycles. The first kappa shape index (κ1) is 14.1. The SMILES string of the molecule is COc1cc(F)ccc1NS(=O)(=O)c1cccc(N)c1. The van der Waals surface area contributed by atoms with E-state index in [9.17, 15) is 12.8 Å². The number of nitrogens with two attached hydrogens (primary N) is 1. The highest BCUT2D eigenvalue weighted by atomic mass is 32.2. The Morgan fingerprint density at radius 3 is 2.60 bits per heavy atom. The third kappa shape index (κ3) is 3.00. The van der Waals surface area contributed by atoms with Gasteiger partial charge in [-0.1, -0.05) is 6.07 Å². The van der Waals surface area contributed by atoms with E-state index >= 15 is 0 Å². The second-order valence-electron chi connectivity index (χ2n) is 4.02. The lowest BCUT2D eigenvalue weighted by Gasteiger charge is -2.12. The molecule has 2 aromatic rings. The average molecular weight is 296 g/mol.